The van der Waals surface area contributed by atoms with Gasteiger partial charge in [-0.25, -0.2) is 13.2 Å². The van der Waals surface area contributed by atoms with E-state index >= 15 is 8.78 Å². The Hall–Kier alpha value is -2.86. The summed E-state index contributed by atoms with van der Waals surface area (Å²) in [5, 5.41) is 0. The van der Waals surface area contributed by atoms with E-state index in [1.807, 2.05) is 0 Å². The van der Waals surface area contributed by atoms with Gasteiger partial charge in [0.25, 0.3) is 0 Å². The Balaban J connectivity index is 1.50. The van der Waals surface area contributed by atoms with Gasteiger partial charge in [-0.15, -0.1) is 0 Å². The second-order valence-electron chi connectivity index (χ2n) is 9.11. The molecule has 186 valence electrons. The van der Waals surface area contributed by atoms with Crippen LogP contribution in [0.2, 0.25) is 0 Å². The van der Waals surface area contributed by atoms with E-state index in [1.165, 1.54) is 38.5 Å². The first kappa shape index (κ1) is 25.2. The topological polar surface area (TPSA) is 18.5 Å². The molecule has 2 nitrogen and oxygen atoms in total. The van der Waals surface area contributed by atoms with Crippen LogP contribution in [0.1, 0.15) is 57.1 Å². The first-order valence-electron chi connectivity index (χ1n) is 12.2. The van der Waals surface area contributed by atoms with Gasteiger partial charge in [-0.1, -0.05) is 62.6 Å². The first-order valence-corrected chi connectivity index (χ1v) is 12.2. The fourth-order valence-electron chi connectivity index (χ4n) is 4.74. The summed E-state index contributed by atoms with van der Waals surface area (Å²) in [6.07, 6.45) is 5.83. The minimum absolute atomic E-state index is 0.0549. The fourth-order valence-corrected chi connectivity index (χ4v) is 4.74. The van der Waals surface area contributed by atoms with Gasteiger partial charge in [0.1, 0.15) is 0 Å². The van der Waals surface area contributed by atoms with E-state index in [-0.39, 0.29) is 22.4 Å². The molecular weight excluding hydrogens is 456 g/mol. The Morgan fingerprint density at radius 3 is 1.97 bits per heavy atom. The molecule has 6 heteroatoms. The lowest BCUT2D eigenvalue weighted by Crippen LogP contribution is -2.21. The van der Waals surface area contributed by atoms with Gasteiger partial charge in [-0.2, -0.15) is 4.39 Å². The summed E-state index contributed by atoms with van der Waals surface area (Å²) in [4.78, 5) is 0. The molecule has 2 unspecified atom stereocenters. The van der Waals surface area contributed by atoms with E-state index in [2.05, 4.69) is 6.92 Å². The van der Waals surface area contributed by atoms with Crippen molar-refractivity contribution >= 4 is 0 Å². The molecule has 2 atom stereocenters. The van der Waals surface area contributed by atoms with Crippen LogP contribution in [0.25, 0.3) is 22.3 Å². The van der Waals surface area contributed by atoms with Crippen LogP contribution in [0.5, 0.6) is 5.75 Å². The largest absolute Gasteiger partial charge is 0.494 e. The van der Waals surface area contributed by atoms with Gasteiger partial charge in [-0.05, 0) is 48.4 Å². The summed E-state index contributed by atoms with van der Waals surface area (Å²) in [5.41, 5.74) is 1.25. The molecule has 0 amide bonds. The molecule has 0 aliphatic carbocycles. The van der Waals surface area contributed by atoms with E-state index < -0.39 is 29.4 Å². The predicted molar refractivity (Wildman–Crippen MR) is 129 cm³/mol. The SMILES string of the molecule is CCCCCC1CCC(c2ccc(-c3ccc(-c4ccc(OC)c(F)c4F)cc3)c(F)c2F)OC1. The highest BCUT2D eigenvalue weighted by molar-refractivity contribution is 5.71. The number of rotatable bonds is 8. The summed E-state index contributed by atoms with van der Waals surface area (Å²) >= 11 is 0. The zero-order valence-electron chi connectivity index (χ0n) is 20.1. The predicted octanol–water partition coefficient (Wildman–Crippen LogP) is 8.63. The quantitative estimate of drug-likeness (QED) is 0.234. The molecule has 0 N–H and O–H groups in total. The average Bonchev–Trinajstić information content (AvgIpc) is 2.88. The number of methoxy groups -OCH3 is 1. The summed E-state index contributed by atoms with van der Waals surface area (Å²) in [6.45, 7) is 2.74. The molecule has 1 fully saturated rings. The summed E-state index contributed by atoms with van der Waals surface area (Å²) < 4.78 is 69.3. The van der Waals surface area contributed by atoms with Crippen LogP contribution in [0.3, 0.4) is 0 Å². The molecule has 35 heavy (non-hydrogen) atoms. The van der Waals surface area contributed by atoms with E-state index in [0.29, 0.717) is 30.1 Å². The van der Waals surface area contributed by atoms with Crippen LogP contribution < -0.4 is 4.74 Å². The molecule has 3 aromatic rings. The first-order chi connectivity index (χ1) is 16.9. The maximum Gasteiger partial charge on any atom is 0.201 e. The van der Waals surface area contributed by atoms with Gasteiger partial charge in [0, 0.05) is 16.7 Å². The Morgan fingerprint density at radius 2 is 1.40 bits per heavy atom. The average molecular weight is 487 g/mol. The maximum atomic E-state index is 15.1. The zero-order valence-corrected chi connectivity index (χ0v) is 20.1. The molecule has 4 rings (SSSR count). The molecule has 0 spiro atoms. The van der Waals surface area contributed by atoms with Crippen molar-refractivity contribution in [2.75, 3.05) is 13.7 Å². The monoisotopic (exact) mass is 486 g/mol. The molecule has 1 saturated heterocycles. The van der Waals surface area contributed by atoms with E-state index in [9.17, 15) is 8.78 Å². The Kier molecular flexibility index (Phi) is 8.11. The molecule has 1 aliphatic heterocycles. The van der Waals surface area contributed by atoms with Crippen molar-refractivity contribution in [2.45, 2.75) is 51.6 Å². The molecular formula is C29H30F4O2. The molecule has 1 heterocycles. The van der Waals surface area contributed by atoms with E-state index in [4.69, 9.17) is 9.47 Å². The van der Waals surface area contributed by atoms with Crippen LogP contribution >= 0.6 is 0 Å². The van der Waals surface area contributed by atoms with Crippen LogP contribution in [0, 0.1) is 29.2 Å². The van der Waals surface area contributed by atoms with Gasteiger partial charge in [0.15, 0.2) is 23.2 Å². The molecule has 0 saturated carbocycles. The van der Waals surface area contributed by atoms with Crippen molar-refractivity contribution in [1.82, 2.24) is 0 Å². The van der Waals surface area contributed by atoms with E-state index in [1.54, 1.807) is 36.4 Å². The van der Waals surface area contributed by atoms with Crippen LogP contribution in [0.4, 0.5) is 17.6 Å². The third kappa shape index (κ3) is 5.37. The second-order valence-corrected chi connectivity index (χ2v) is 9.11. The number of benzene rings is 3. The van der Waals surface area contributed by atoms with Crippen molar-refractivity contribution in [3.8, 4) is 28.0 Å². The zero-order chi connectivity index (χ0) is 24.9. The lowest BCUT2D eigenvalue weighted by molar-refractivity contribution is -0.0218. The van der Waals surface area contributed by atoms with Crippen molar-refractivity contribution in [3.63, 3.8) is 0 Å². The van der Waals surface area contributed by atoms with Crippen LogP contribution in [-0.4, -0.2) is 13.7 Å². The van der Waals surface area contributed by atoms with Crippen LogP contribution in [0.15, 0.2) is 48.5 Å². The lowest BCUT2D eigenvalue weighted by atomic mass is 9.90. The van der Waals surface area contributed by atoms with Crippen molar-refractivity contribution in [1.29, 1.82) is 0 Å². The third-order valence-electron chi connectivity index (χ3n) is 6.82. The number of halogens is 4. The second kappa shape index (κ2) is 11.3. The number of unbranched alkanes of at least 4 members (excludes halogenated alkanes) is 2. The third-order valence-corrected chi connectivity index (χ3v) is 6.82. The standard InChI is InChI=1S/C29H30F4O2/c1-3-4-5-6-18-7-15-24(35-17-18)23-13-12-21(26(30)28(23)32)19-8-10-20(11-9-19)22-14-16-25(34-2)29(33)27(22)31/h8-14,16,18,24H,3-7,15,17H2,1-2H3. The highest BCUT2D eigenvalue weighted by Gasteiger charge is 2.27. The molecule has 0 bridgehead atoms. The van der Waals surface area contributed by atoms with E-state index in [0.717, 1.165) is 12.8 Å². The summed E-state index contributed by atoms with van der Waals surface area (Å²) in [5.74, 6) is -3.65. The van der Waals surface area contributed by atoms with Gasteiger partial charge in [-0.3, -0.25) is 0 Å². The number of hydrogen-bond acceptors (Lipinski definition) is 2. The molecule has 0 radical (unpaired) electrons. The van der Waals surface area contributed by atoms with Crippen molar-refractivity contribution in [2.24, 2.45) is 5.92 Å². The Labute approximate surface area is 203 Å². The van der Waals surface area contributed by atoms with Crippen molar-refractivity contribution in [3.05, 3.63) is 77.4 Å². The number of ether oxygens (including phenoxy) is 2. The molecule has 0 aromatic heterocycles. The minimum Gasteiger partial charge on any atom is -0.494 e. The van der Waals surface area contributed by atoms with Gasteiger partial charge < -0.3 is 9.47 Å². The normalized spacial score (nSPS) is 18.0. The van der Waals surface area contributed by atoms with Crippen molar-refractivity contribution < 1.29 is 27.0 Å². The fraction of sp³-hybridized carbons (Fsp3) is 0.379. The van der Waals surface area contributed by atoms with Crippen LogP contribution in [-0.2, 0) is 4.74 Å². The highest BCUT2D eigenvalue weighted by Crippen LogP contribution is 2.37. The maximum absolute atomic E-state index is 15.1. The smallest absolute Gasteiger partial charge is 0.201 e. The molecule has 1 aliphatic rings. The summed E-state index contributed by atoms with van der Waals surface area (Å²) in [6, 6.07) is 12.1. The highest BCUT2D eigenvalue weighted by atomic mass is 19.2. The van der Waals surface area contributed by atoms with Gasteiger partial charge >= 0.3 is 0 Å². The summed E-state index contributed by atoms with van der Waals surface area (Å²) in [7, 11) is 1.26. The minimum atomic E-state index is -1.07. The van der Waals surface area contributed by atoms with Gasteiger partial charge in [0.05, 0.1) is 19.8 Å². The Morgan fingerprint density at radius 1 is 0.771 bits per heavy atom. The Bertz CT molecular complexity index is 1150. The molecule has 3 aromatic carbocycles. The van der Waals surface area contributed by atoms with Gasteiger partial charge in [0.2, 0.25) is 5.82 Å². The lowest BCUT2D eigenvalue weighted by Gasteiger charge is -2.29. The number of hydrogen-bond donors (Lipinski definition) is 0.